The maximum absolute atomic E-state index is 12.4. The number of nitrogens with one attached hydrogen (secondary N) is 1. The third kappa shape index (κ3) is 4.21. The van der Waals surface area contributed by atoms with Crippen LogP contribution in [0.1, 0.15) is 20.8 Å². The van der Waals surface area contributed by atoms with Crippen LogP contribution in [0.3, 0.4) is 0 Å². The first-order valence-corrected chi connectivity index (χ1v) is 7.69. The molecular weight excluding hydrogens is 302 g/mol. The van der Waals surface area contributed by atoms with Crippen molar-refractivity contribution >= 4 is 21.4 Å². The monoisotopic (exact) mass is 320 g/mol. The van der Waals surface area contributed by atoms with Crippen molar-refractivity contribution < 1.29 is 22.0 Å². The molecule has 8 heteroatoms. The van der Waals surface area contributed by atoms with Crippen molar-refractivity contribution in [3.05, 3.63) is 24.3 Å². The first-order chi connectivity index (χ1) is 9.46. The predicted octanol–water partition coefficient (Wildman–Crippen LogP) is 1.99. The number of nitrogens with two attached hydrogens (primary N) is 1. The lowest BCUT2D eigenvalue weighted by molar-refractivity contribution is -0.119. The van der Waals surface area contributed by atoms with Crippen molar-refractivity contribution in [1.82, 2.24) is 0 Å². The predicted molar refractivity (Wildman–Crippen MR) is 75.7 cm³/mol. The molecule has 1 aromatic rings. The largest absolute Gasteiger partial charge is 0.341 e. The van der Waals surface area contributed by atoms with Crippen LogP contribution in [-0.2, 0) is 14.6 Å². The maximum Gasteiger partial charge on any atom is 0.341 e. The minimum atomic E-state index is -4.63. The average Bonchev–Trinajstić information content (AvgIpc) is 2.37. The summed E-state index contributed by atoms with van der Waals surface area (Å²) in [4.78, 5) is 11.4. The van der Waals surface area contributed by atoms with E-state index in [-0.39, 0.29) is 5.69 Å². The molecule has 0 heterocycles. The molecule has 118 valence electrons. The van der Waals surface area contributed by atoms with Gasteiger partial charge in [-0.1, -0.05) is 20.8 Å². The molecule has 0 unspecified atom stereocenters. The molecule has 0 spiro atoms. The van der Waals surface area contributed by atoms with E-state index in [1.54, 1.807) is 20.8 Å². The first-order valence-electron chi connectivity index (χ1n) is 6.15. The highest BCUT2D eigenvalue weighted by Gasteiger charge is 2.28. The Labute approximate surface area is 122 Å². The molecule has 0 radical (unpaired) electrons. The third-order valence-corrected chi connectivity index (χ3v) is 4.30. The number of rotatable bonds is 4. The van der Waals surface area contributed by atoms with Crippen LogP contribution >= 0.6 is 0 Å². The minimum absolute atomic E-state index is 0.285. The number of hydrogen-bond acceptors (Lipinski definition) is 4. The van der Waals surface area contributed by atoms with E-state index in [1.807, 2.05) is 0 Å². The summed E-state index contributed by atoms with van der Waals surface area (Å²) in [6, 6.07) is 3.74. The molecule has 0 fully saturated rings. The lowest BCUT2D eigenvalue weighted by Gasteiger charge is -2.25. The van der Waals surface area contributed by atoms with Gasteiger partial charge in [0.05, 0.1) is 10.9 Å². The van der Waals surface area contributed by atoms with Crippen LogP contribution in [0.4, 0.5) is 14.5 Å². The topological polar surface area (TPSA) is 89.3 Å². The molecule has 5 nitrogen and oxygen atoms in total. The van der Waals surface area contributed by atoms with Gasteiger partial charge in [-0.2, -0.15) is 8.78 Å². The number of carbonyl (C=O) groups excluding carboxylic acids is 1. The number of amides is 1. The number of sulfone groups is 1. The Morgan fingerprint density at radius 1 is 1.19 bits per heavy atom. The molecule has 0 aliphatic carbocycles. The van der Waals surface area contributed by atoms with E-state index in [4.69, 9.17) is 5.73 Å². The molecule has 0 saturated carbocycles. The molecule has 1 amide bonds. The minimum Gasteiger partial charge on any atom is -0.325 e. The maximum atomic E-state index is 12.4. The molecule has 0 aliphatic rings. The Bertz CT molecular complexity index is 607. The van der Waals surface area contributed by atoms with Crippen molar-refractivity contribution in [2.24, 2.45) is 11.1 Å². The van der Waals surface area contributed by atoms with Gasteiger partial charge in [0, 0.05) is 5.69 Å². The summed E-state index contributed by atoms with van der Waals surface area (Å²) in [5.41, 5.74) is 5.62. The van der Waals surface area contributed by atoms with Gasteiger partial charge in [-0.3, -0.25) is 4.79 Å². The number of anilines is 1. The van der Waals surface area contributed by atoms with Crippen molar-refractivity contribution in [2.75, 3.05) is 5.32 Å². The summed E-state index contributed by atoms with van der Waals surface area (Å²) in [6.07, 6.45) is 0. The van der Waals surface area contributed by atoms with Crippen molar-refractivity contribution in [2.45, 2.75) is 37.5 Å². The number of hydrogen-bond donors (Lipinski definition) is 2. The number of alkyl halides is 2. The van der Waals surface area contributed by atoms with E-state index in [0.29, 0.717) is 0 Å². The van der Waals surface area contributed by atoms with Crippen LogP contribution < -0.4 is 11.1 Å². The van der Waals surface area contributed by atoms with Gasteiger partial charge in [-0.25, -0.2) is 8.42 Å². The summed E-state index contributed by atoms with van der Waals surface area (Å²) >= 11 is 0. The van der Waals surface area contributed by atoms with Crippen LogP contribution in [-0.4, -0.2) is 26.1 Å². The Balaban J connectivity index is 2.88. The molecule has 1 aromatic carbocycles. The van der Waals surface area contributed by atoms with Gasteiger partial charge in [0.1, 0.15) is 0 Å². The van der Waals surface area contributed by atoms with Gasteiger partial charge in [0.25, 0.3) is 0 Å². The highest BCUT2D eigenvalue weighted by molar-refractivity contribution is 7.91. The van der Waals surface area contributed by atoms with Gasteiger partial charge in [0.2, 0.25) is 15.7 Å². The Kier molecular flexibility index (Phi) is 5.06. The Morgan fingerprint density at radius 3 is 2.05 bits per heavy atom. The Hall–Kier alpha value is -1.54. The lowest BCUT2D eigenvalue weighted by Crippen LogP contribution is -2.45. The summed E-state index contributed by atoms with van der Waals surface area (Å²) < 4.78 is 47.2. The molecule has 0 saturated heterocycles. The van der Waals surface area contributed by atoms with Crippen molar-refractivity contribution in [3.63, 3.8) is 0 Å². The van der Waals surface area contributed by atoms with Gasteiger partial charge in [-0.15, -0.1) is 0 Å². The summed E-state index contributed by atoms with van der Waals surface area (Å²) in [7, 11) is -4.63. The summed E-state index contributed by atoms with van der Waals surface area (Å²) in [6.45, 7) is 5.40. The van der Waals surface area contributed by atoms with Gasteiger partial charge >= 0.3 is 5.76 Å². The molecule has 1 rings (SSSR count). The van der Waals surface area contributed by atoms with Crippen LogP contribution in [0.15, 0.2) is 29.2 Å². The molecule has 0 bridgehead atoms. The quantitative estimate of drug-likeness (QED) is 0.888. The highest BCUT2D eigenvalue weighted by atomic mass is 32.2. The van der Waals surface area contributed by atoms with E-state index < -0.39 is 37.9 Å². The molecule has 21 heavy (non-hydrogen) atoms. The van der Waals surface area contributed by atoms with E-state index in [1.165, 1.54) is 12.1 Å². The zero-order valence-electron chi connectivity index (χ0n) is 11.9. The van der Waals surface area contributed by atoms with E-state index in [2.05, 4.69) is 5.32 Å². The molecule has 1 atom stereocenters. The molecular formula is C13H18F2N2O3S. The van der Waals surface area contributed by atoms with Crippen molar-refractivity contribution in [3.8, 4) is 0 Å². The van der Waals surface area contributed by atoms with E-state index in [0.717, 1.165) is 12.1 Å². The summed E-state index contributed by atoms with van der Waals surface area (Å²) in [5.74, 6) is -3.92. The molecule has 0 aliphatic heterocycles. The highest BCUT2D eigenvalue weighted by Crippen LogP contribution is 2.22. The fourth-order valence-corrected chi connectivity index (χ4v) is 2.17. The SMILES string of the molecule is CC(C)(C)[C@@H](N)C(=O)Nc1ccc(S(=O)(=O)C(F)F)cc1. The fraction of sp³-hybridized carbons (Fsp3) is 0.462. The number of halogens is 2. The smallest absolute Gasteiger partial charge is 0.325 e. The van der Waals surface area contributed by atoms with Crippen molar-refractivity contribution in [1.29, 1.82) is 0 Å². The second-order valence-electron chi connectivity index (χ2n) is 5.66. The van der Waals surface area contributed by atoms with Gasteiger partial charge in [-0.05, 0) is 29.7 Å². The fourth-order valence-electron chi connectivity index (χ4n) is 1.44. The zero-order chi connectivity index (χ0) is 16.4. The second kappa shape index (κ2) is 6.07. The third-order valence-electron chi connectivity index (χ3n) is 2.90. The summed E-state index contributed by atoms with van der Waals surface area (Å²) in [5, 5.41) is 2.51. The molecule has 3 N–H and O–H groups in total. The number of benzene rings is 1. The second-order valence-corrected chi connectivity index (χ2v) is 7.58. The van der Waals surface area contributed by atoms with E-state index in [9.17, 15) is 22.0 Å². The van der Waals surface area contributed by atoms with Crippen LogP contribution in [0, 0.1) is 5.41 Å². The normalized spacial score (nSPS) is 14.0. The van der Waals surface area contributed by atoms with Gasteiger partial charge < -0.3 is 11.1 Å². The lowest BCUT2D eigenvalue weighted by atomic mass is 9.87. The number of carbonyl (C=O) groups is 1. The van der Waals surface area contributed by atoms with Crippen LogP contribution in [0.25, 0.3) is 0 Å². The zero-order valence-corrected chi connectivity index (χ0v) is 12.7. The van der Waals surface area contributed by atoms with Crippen LogP contribution in [0.2, 0.25) is 0 Å². The van der Waals surface area contributed by atoms with Crippen LogP contribution in [0.5, 0.6) is 0 Å². The Morgan fingerprint density at radius 2 is 1.67 bits per heavy atom. The molecule has 0 aromatic heterocycles. The first kappa shape index (κ1) is 17.5. The standard InChI is InChI=1S/C13H18F2N2O3S/c1-13(2,3)10(16)11(18)17-8-4-6-9(7-5-8)21(19,20)12(14)15/h4-7,10,12H,16H2,1-3H3,(H,17,18)/t10-/m0/s1. The average molecular weight is 320 g/mol. The van der Waals surface area contributed by atoms with E-state index >= 15 is 0 Å². The van der Waals surface area contributed by atoms with Gasteiger partial charge in [0.15, 0.2) is 0 Å².